The second kappa shape index (κ2) is 4.42. The Morgan fingerprint density at radius 2 is 2.19 bits per heavy atom. The monoisotopic (exact) mass is 228 g/mol. The molecule has 0 spiro atoms. The van der Waals surface area contributed by atoms with E-state index in [2.05, 4.69) is 4.98 Å². The number of hydrogen-bond donors (Lipinski definition) is 0. The second-order valence-corrected chi connectivity index (χ2v) is 4.20. The number of nitrogens with zero attached hydrogens (tertiary/aromatic N) is 2. The van der Waals surface area contributed by atoms with Crippen LogP contribution in [-0.2, 0) is 11.5 Å². The van der Waals surface area contributed by atoms with E-state index in [1.165, 1.54) is 0 Å². The Morgan fingerprint density at radius 1 is 1.56 bits per heavy atom. The summed E-state index contributed by atoms with van der Waals surface area (Å²) in [6.07, 6.45) is 1.93. The average Bonchev–Trinajstić information content (AvgIpc) is 2.15. The van der Waals surface area contributed by atoms with Gasteiger partial charge >= 0.3 is 5.97 Å². The molecule has 0 amide bonds. The minimum absolute atomic E-state index is 0.0906. The first-order valence-electron chi connectivity index (χ1n) is 4.69. The molecule has 5 nitrogen and oxygen atoms in total. The van der Waals surface area contributed by atoms with Crippen molar-refractivity contribution in [2.75, 3.05) is 0 Å². The zero-order valence-corrected chi connectivity index (χ0v) is 9.36. The largest absolute Gasteiger partial charge is 0.455 e. The normalized spacial score (nSPS) is 11.2. The van der Waals surface area contributed by atoms with Crippen LogP contribution in [-0.4, -0.2) is 21.1 Å². The minimum Gasteiger partial charge on any atom is -0.455 e. The molecule has 0 fully saturated rings. The Hall–Kier alpha value is -1.72. The van der Waals surface area contributed by atoms with Gasteiger partial charge in [0.25, 0.3) is 5.56 Å². The van der Waals surface area contributed by atoms with Crippen molar-refractivity contribution in [2.45, 2.75) is 33.2 Å². The minimum atomic E-state index is -1.00. The number of rotatable bonds is 2. The fourth-order valence-corrected chi connectivity index (χ4v) is 0.973. The van der Waals surface area contributed by atoms with Crippen LogP contribution in [0.25, 0.3) is 0 Å². The van der Waals surface area contributed by atoms with Crippen LogP contribution in [0.1, 0.15) is 31.3 Å². The predicted molar refractivity (Wildman–Crippen MR) is 54.8 cm³/mol. The Morgan fingerprint density at radius 3 is 2.69 bits per heavy atom. The molecule has 0 aliphatic carbocycles. The second-order valence-electron chi connectivity index (χ2n) is 4.20. The summed E-state index contributed by atoms with van der Waals surface area (Å²) in [7, 11) is 0. The van der Waals surface area contributed by atoms with Crippen molar-refractivity contribution in [1.82, 2.24) is 9.55 Å². The molecule has 0 atom stereocenters. The lowest BCUT2D eigenvalue weighted by atomic mass is 10.2. The van der Waals surface area contributed by atoms with Gasteiger partial charge in [-0.1, -0.05) is 0 Å². The Bertz CT molecular complexity index is 448. The summed E-state index contributed by atoms with van der Waals surface area (Å²) in [5.74, 6) is -0.685. The molecule has 1 heterocycles. The molecule has 1 aromatic rings. The van der Waals surface area contributed by atoms with Gasteiger partial charge in [0.2, 0.25) is 0 Å². The van der Waals surface area contributed by atoms with Crippen LogP contribution in [0.4, 0.5) is 4.39 Å². The maximum absolute atomic E-state index is 12.4. The van der Waals surface area contributed by atoms with Gasteiger partial charge in [0, 0.05) is 6.20 Å². The third-order valence-corrected chi connectivity index (χ3v) is 1.61. The van der Waals surface area contributed by atoms with Crippen molar-refractivity contribution < 1.29 is 13.9 Å². The molecule has 0 aliphatic heterocycles. The zero-order chi connectivity index (χ0) is 12.3. The maximum Gasteiger partial charge on any atom is 0.358 e. The summed E-state index contributed by atoms with van der Waals surface area (Å²) < 4.78 is 18.1. The topological polar surface area (TPSA) is 61.2 Å². The lowest BCUT2D eigenvalue weighted by Gasteiger charge is -2.19. The van der Waals surface area contributed by atoms with Gasteiger partial charge in [0.05, 0.1) is 6.20 Å². The molecule has 16 heavy (non-hydrogen) atoms. The molecule has 0 N–H and O–H groups in total. The molecule has 0 saturated carbocycles. The van der Waals surface area contributed by atoms with Crippen molar-refractivity contribution in [3.05, 3.63) is 28.4 Å². The number of esters is 1. The van der Waals surface area contributed by atoms with Crippen LogP contribution < -0.4 is 5.56 Å². The van der Waals surface area contributed by atoms with Crippen molar-refractivity contribution in [3.63, 3.8) is 0 Å². The molecular formula is C10H13FN2O3. The molecule has 1 rings (SSSR count). The van der Waals surface area contributed by atoms with Gasteiger partial charge in [-0.3, -0.25) is 9.36 Å². The first-order valence-corrected chi connectivity index (χ1v) is 4.69. The van der Waals surface area contributed by atoms with Gasteiger partial charge in [-0.15, -0.1) is 0 Å². The van der Waals surface area contributed by atoms with Crippen LogP contribution in [0, 0.1) is 0 Å². The Labute approximate surface area is 91.9 Å². The van der Waals surface area contributed by atoms with Gasteiger partial charge in [-0.25, -0.2) is 14.2 Å². The summed E-state index contributed by atoms with van der Waals surface area (Å²) in [6, 6.07) is 0. The number of aromatic nitrogens is 2. The summed E-state index contributed by atoms with van der Waals surface area (Å²) in [5, 5.41) is 0. The van der Waals surface area contributed by atoms with Gasteiger partial charge in [-0.2, -0.15) is 0 Å². The molecule has 0 aliphatic rings. The smallest absolute Gasteiger partial charge is 0.358 e. The summed E-state index contributed by atoms with van der Waals surface area (Å²) in [4.78, 5) is 26.1. The summed E-state index contributed by atoms with van der Waals surface area (Å²) in [6.45, 7) is 4.11. The van der Waals surface area contributed by atoms with Crippen molar-refractivity contribution in [1.29, 1.82) is 0 Å². The van der Waals surface area contributed by atoms with Crippen molar-refractivity contribution in [3.8, 4) is 0 Å². The van der Waals surface area contributed by atoms with Gasteiger partial charge in [0.15, 0.2) is 12.5 Å². The Balaban J connectivity index is 2.97. The lowest BCUT2D eigenvalue weighted by Crippen LogP contribution is -2.27. The summed E-state index contributed by atoms with van der Waals surface area (Å²) >= 11 is 0. The van der Waals surface area contributed by atoms with E-state index in [1.54, 1.807) is 20.8 Å². The van der Waals surface area contributed by atoms with E-state index in [1.807, 2.05) is 0 Å². The van der Waals surface area contributed by atoms with Gasteiger partial charge in [0.1, 0.15) is 5.60 Å². The Kier molecular flexibility index (Phi) is 3.41. The van der Waals surface area contributed by atoms with E-state index < -0.39 is 23.9 Å². The molecule has 0 bridgehead atoms. The number of carbonyl (C=O) groups is 1. The van der Waals surface area contributed by atoms with E-state index in [0.717, 1.165) is 17.0 Å². The first kappa shape index (κ1) is 12.4. The van der Waals surface area contributed by atoms with Crippen molar-refractivity contribution in [2.24, 2.45) is 0 Å². The van der Waals surface area contributed by atoms with E-state index in [9.17, 15) is 14.0 Å². The fraction of sp³-hybridized carbons (Fsp3) is 0.500. The third kappa shape index (κ3) is 3.15. The molecule has 6 heteroatoms. The zero-order valence-electron chi connectivity index (χ0n) is 9.36. The van der Waals surface area contributed by atoms with E-state index >= 15 is 0 Å². The van der Waals surface area contributed by atoms with Crippen LogP contribution in [0.5, 0.6) is 0 Å². The number of halogens is 1. The van der Waals surface area contributed by atoms with E-state index in [0.29, 0.717) is 0 Å². The number of carbonyl (C=O) groups excluding carboxylic acids is 1. The van der Waals surface area contributed by atoms with E-state index in [4.69, 9.17) is 4.74 Å². The van der Waals surface area contributed by atoms with Crippen molar-refractivity contribution >= 4 is 5.97 Å². The molecule has 0 radical (unpaired) electrons. The highest BCUT2D eigenvalue weighted by Gasteiger charge is 2.19. The fourth-order valence-electron chi connectivity index (χ4n) is 0.973. The number of alkyl halides is 1. The number of ether oxygens (including phenoxy) is 1. The highest BCUT2D eigenvalue weighted by molar-refractivity contribution is 5.87. The predicted octanol–water partition coefficient (Wildman–Crippen LogP) is 1.13. The third-order valence-electron chi connectivity index (χ3n) is 1.61. The maximum atomic E-state index is 12.4. The standard InChI is InChI=1S/C10H13FN2O3/c1-10(2,3)16-9(15)7-5-13(6-11)8(14)4-12-7/h4-5H,6H2,1-3H3. The molecule has 0 aromatic carbocycles. The van der Waals surface area contributed by atoms with Crippen LogP contribution in [0.2, 0.25) is 0 Å². The molecule has 0 saturated heterocycles. The highest BCUT2D eigenvalue weighted by Crippen LogP contribution is 2.09. The lowest BCUT2D eigenvalue weighted by molar-refractivity contribution is 0.00614. The average molecular weight is 228 g/mol. The van der Waals surface area contributed by atoms with Gasteiger partial charge < -0.3 is 4.74 Å². The highest BCUT2D eigenvalue weighted by atomic mass is 19.1. The molecule has 88 valence electrons. The quantitative estimate of drug-likeness (QED) is 0.712. The van der Waals surface area contributed by atoms with Crippen LogP contribution >= 0.6 is 0 Å². The van der Waals surface area contributed by atoms with Crippen LogP contribution in [0.3, 0.4) is 0 Å². The first-order chi connectivity index (χ1) is 7.33. The molecule has 0 unspecified atom stereocenters. The van der Waals surface area contributed by atoms with E-state index in [-0.39, 0.29) is 5.69 Å². The molecular weight excluding hydrogens is 215 g/mol. The molecule has 1 aromatic heterocycles. The number of hydrogen-bond acceptors (Lipinski definition) is 4. The van der Waals surface area contributed by atoms with Crippen LogP contribution in [0.15, 0.2) is 17.2 Å². The summed E-state index contributed by atoms with van der Waals surface area (Å²) in [5.41, 5.74) is -1.35. The van der Waals surface area contributed by atoms with Gasteiger partial charge in [-0.05, 0) is 20.8 Å². The SMILES string of the molecule is CC(C)(C)OC(=O)c1cn(CF)c(=O)cn1.